The molecule has 1 aromatic rings. The van der Waals surface area contributed by atoms with E-state index < -0.39 is 0 Å². The molecule has 1 saturated carbocycles. The molecule has 1 aliphatic carbocycles. The van der Waals surface area contributed by atoms with E-state index in [0.717, 1.165) is 18.5 Å². The van der Waals surface area contributed by atoms with Crippen LogP contribution in [0.15, 0.2) is 30.3 Å². The Labute approximate surface area is 136 Å². The van der Waals surface area contributed by atoms with Gasteiger partial charge in [-0.1, -0.05) is 56.5 Å². The van der Waals surface area contributed by atoms with Crippen LogP contribution in [0.1, 0.15) is 57.4 Å². The first kappa shape index (κ1) is 16.0. The van der Waals surface area contributed by atoms with E-state index in [1.165, 1.54) is 63.6 Å². The van der Waals surface area contributed by atoms with Gasteiger partial charge in [-0.05, 0) is 37.2 Å². The Hall–Kier alpha value is -0.860. The van der Waals surface area contributed by atoms with E-state index in [2.05, 4.69) is 47.5 Å². The fourth-order valence-corrected chi connectivity index (χ4v) is 4.00. The quantitative estimate of drug-likeness (QED) is 0.811. The highest BCUT2D eigenvalue weighted by molar-refractivity contribution is 5.14. The van der Waals surface area contributed by atoms with Gasteiger partial charge in [-0.25, -0.2) is 0 Å². The van der Waals surface area contributed by atoms with E-state index >= 15 is 0 Å². The maximum Gasteiger partial charge on any atom is 0.0208 e. The molecule has 0 bridgehead atoms. The molecule has 0 spiro atoms. The molecule has 2 unspecified atom stereocenters. The summed E-state index contributed by atoms with van der Waals surface area (Å²) in [7, 11) is 0. The van der Waals surface area contributed by atoms with Crippen molar-refractivity contribution in [2.75, 3.05) is 13.1 Å². The molecule has 2 fully saturated rings. The molecule has 1 saturated heterocycles. The van der Waals surface area contributed by atoms with Crippen molar-refractivity contribution < 1.29 is 0 Å². The smallest absolute Gasteiger partial charge is 0.0208 e. The number of likely N-dealkylation sites (tertiary alicyclic amines) is 1. The van der Waals surface area contributed by atoms with Crippen LogP contribution in [-0.4, -0.2) is 30.1 Å². The summed E-state index contributed by atoms with van der Waals surface area (Å²) in [5.41, 5.74) is 1.41. The van der Waals surface area contributed by atoms with E-state index in [0.29, 0.717) is 6.04 Å². The van der Waals surface area contributed by atoms with Gasteiger partial charge in [0.15, 0.2) is 0 Å². The fourth-order valence-electron chi connectivity index (χ4n) is 4.00. The second-order valence-electron chi connectivity index (χ2n) is 7.35. The van der Waals surface area contributed by atoms with Crippen LogP contribution >= 0.6 is 0 Å². The Morgan fingerprint density at radius 2 is 1.95 bits per heavy atom. The van der Waals surface area contributed by atoms with Gasteiger partial charge in [0.25, 0.3) is 0 Å². The van der Waals surface area contributed by atoms with Crippen LogP contribution in [-0.2, 0) is 6.54 Å². The van der Waals surface area contributed by atoms with Crippen LogP contribution in [0.4, 0.5) is 0 Å². The number of nitrogens with one attached hydrogen (secondary N) is 1. The maximum absolute atomic E-state index is 3.84. The summed E-state index contributed by atoms with van der Waals surface area (Å²) in [5.74, 6) is 0.905. The molecule has 122 valence electrons. The van der Waals surface area contributed by atoms with Crippen LogP contribution in [0.2, 0.25) is 0 Å². The summed E-state index contributed by atoms with van der Waals surface area (Å²) in [6, 6.07) is 12.4. The Bertz CT molecular complexity index is 427. The molecule has 0 radical (unpaired) electrons. The number of nitrogens with zero attached hydrogens (tertiary/aromatic N) is 1. The van der Waals surface area contributed by atoms with Crippen molar-refractivity contribution in [3.63, 3.8) is 0 Å². The van der Waals surface area contributed by atoms with E-state index in [4.69, 9.17) is 0 Å². The summed E-state index contributed by atoms with van der Waals surface area (Å²) in [5, 5.41) is 3.84. The SMILES string of the molecule is CCCCC1CC(NCc2ccccc2)CN(C2CCC2)C1. The molecule has 1 N–H and O–H groups in total. The molecule has 2 aliphatic rings. The summed E-state index contributed by atoms with van der Waals surface area (Å²) >= 11 is 0. The van der Waals surface area contributed by atoms with Crippen LogP contribution in [0.5, 0.6) is 0 Å². The first-order chi connectivity index (χ1) is 10.8. The maximum atomic E-state index is 3.84. The van der Waals surface area contributed by atoms with E-state index in [1.54, 1.807) is 0 Å². The molecule has 1 heterocycles. The van der Waals surface area contributed by atoms with E-state index in [-0.39, 0.29) is 0 Å². The largest absolute Gasteiger partial charge is 0.309 e. The minimum absolute atomic E-state index is 0.677. The van der Waals surface area contributed by atoms with Gasteiger partial charge < -0.3 is 5.32 Å². The van der Waals surface area contributed by atoms with Crippen molar-refractivity contribution in [1.82, 2.24) is 10.2 Å². The molecular formula is C20H32N2. The average molecular weight is 300 g/mol. The molecule has 2 heteroatoms. The third kappa shape index (κ3) is 4.33. The first-order valence-electron chi connectivity index (χ1n) is 9.36. The number of piperidine rings is 1. The normalized spacial score (nSPS) is 26.8. The van der Waals surface area contributed by atoms with Crippen molar-refractivity contribution in [3.8, 4) is 0 Å². The number of unbranched alkanes of at least 4 members (excludes halogenated alkanes) is 1. The zero-order valence-corrected chi connectivity index (χ0v) is 14.1. The molecule has 0 aromatic heterocycles. The van der Waals surface area contributed by atoms with Crippen LogP contribution < -0.4 is 5.32 Å². The average Bonchev–Trinajstić information content (AvgIpc) is 2.50. The van der Waals surface area contributed by atoms with Gasteiger partial charge in [-0.2, -0.15) is 0 Å². The first-order valence-corrected chi connectivity index (χ1v) is 9.36. The molecule has 1 aromatic carbocycles. The van der Waals surface area contributed by atoms with Crippen molar-refractivity contribution in [3.05, 3.63) is 35.9 Å². The monoisotopic (exact) mass is 300 g/mol. The molecule has 2 nitrogen and oxygen atoms in total. The van der Waals surface area contributed by atoms with Crippen molar-refractivity contribution >= 4 is 0 Å². The lowest BCUT2D eigenvalue weighted by Gasteiger charge is -2.45. The Morgan fingerprint density at radius 3 is 2.64 bits per heavy atom. The lowest BCUT2D eigenvalue weighted by molar-refractivity contribution is 0.0552. The Morgan fingerprint density at radius 1 is 1.14 bits per heavy atom. The second-order valence-corrected chi connectivity index (χ2v) is 7.35. The third-order valence-corrected chi connectivity index (χ3v) is 5.56. The van der Waals surface area contributed by atoms with Crippen LogP contribution in [0, 0.1) is 5.92 Å². The summed E-state index contributed by atoms with van der Waals surface area (Å²) in [6.07, 6.45) is 9.84. The summed E-state index contributed by atoms with van der Waals surface area (Å²) in [6.45, 7) is 5.95. The number of rotatable bonds is 7. The minimum atomic E-state index is 0.677. The van der Waals surface area contributed by atoms with Gasteiger partial charge in [-0.15, -0.1) is 0 Å². The highest BCUT2D eigenvalue weighted by Crippen LogP contribution is 2.31. The van der Waals surface area contributed by atoms with Gasteiger partial charge in [0, 0.05) is 31.7 Å². The number of benzene rings is 1. The summed E-state index contributed by atoms with van der Waals surface area (Å²) < 4.78 is 0. The van der Waals surface area contributed by atoms with Crippen molar-refractivity contribution in [2.45, 2.75) is 70.5 Å². The highest BCUT2D eigenvalue weighted by atomic mass is 15.2. The highest BCUT2D eigenvalue weighted by Gasteiger charge is 2.33. The molecular weight excluding hydrogens is 268 g/mol. The molecule has 2 atom stereocenters. The molecule has 22 heavy (non-hydrogen) atoms. The topological polar surface area (TPSA) is 15.3 Å². The van der Waals surface area contributed by atoms with E-state index in [1.807, 2.05) is 0 Å². The zero-order valence-electron chi connectivity index (χ0n) is 14.1. The van der Waals surface area contributed by atoms with Gasteiger partial charge in [0.2, 0.25) is 0 Å². The lowest BCUT2D eigenvalue weighted by atomic mass is 9.84. The summed E-state index contributed by atoms with van der Waals surface area (Å²) in [4.78, 5) is 2.80. The lowest BCUT2D eigenvalue weighted by Crippen LogP contribution is -2.54. The van der Waals surface area contributed by atoms with Crippen LogP contribution in [0.25, 0.3) is 0 Å². The van der Waals surface area contributed by atoms with Crippen LogP contribution in [0.3, 0.4) is 0 Å². The van der Waals surface area contributed by atoms with Gasteiger partial charge in [-0.3, -0.25) is 4.90 Å². The van der Waals surface area contributed by atoms with E-state index in [9.17, 15) is 0 Å². The minimum Gasteiger partial charge on any atom is -0.309 e. The number of hydrogen-bond acceptors (Lipinski definition) is 2. The van der Waals surface area contributed by atoms with Gasteiger partial charge in [0.05, 0.1) is 0 Å². The Kier molecular flexibility index (Phi) is 5.91. The fraction of sp³-hybridized carbons (Fsp3) is 0.700. The standard InChI is InChI=1S/C20H32N2/c1-2-3-8-18-13-19(16-22(15-18)20-11-7-12-20)21-14-17-9-5-4-6-10-17/h4-6,9-10,18-21H,2-3,7-8,11-16H2,1H3. The van der Waals surface area contributed by atoms with Gasteiger partial charge >= 0.3 is 0 Å². The number of hydrogen-bond donors (Lipinski definition) is 1. The Balaban J connectivity index is 1.54. The van der Waals surface area contributed by atoms with Gasteiger partial charge in [0.1, 0.15) is 0 Å². The predicted octanol–water partition coefficient (Wildman–Crippen LogP) is 4.21. The molecule has 3 rings (SSSR count). The second kappa shape index (κ2) is 8.12. The molecule has 0 amide bonds. The molecule has 1 aliphatic heterocycles. The van der Waals surface area contributed by atoms with Crippen molar-refractivity contribution in [2.24, 2.45) is 5.92 Å². The third-order valence-electron chi connectivity index (χ3n) is 5.56. The van der Waals surface area contributed by atoms with Crippen molar-refractivity contribution in [1.29, 1.82) is 0 Å². The zero-order chi connectivity index (χ0) is 15.2. The predicted molar refractivity (Wildman–Crippen MR) is 93.9 cm³/mol.